The molecule has 4 rings (SSSR count). The zero-order valence-corrected chi connectivity index (χ0v) is 25.9. The van der Waals surface area contributed by atoms with Gasteiger partial charge in [0, 0.05) is 19.0 Å². The van der Waals surface area contributed by atoms with Crippen molar-refractivity contribution in [2.75, 3.05) is 10.8 Å². The molecule has 224 valence electrons. The Labute approximate surface area is 255 Å². The van der Waals surface area contributed by atoms with Gasteiger partial charge in [0.2, 0.25) is 11.8 Å². The van der Waals surface area contributed by atoms with Crippen LogP contribution in [0.4, 0.5) is 5.69 Å². The summed E-state index contributed by atoms with van der Waals surface area (Å²) in [6, 6.07) is 31.3. The van der Waals surface area contributed by atoms with E-state index in [2.05, 4.69) is 5.32 Å². The molecule has 0 aliphatic heterocycles. The number of sulfonamides is 1. The predicted octanol–water partition coefficient (Wildman–Crippen LogP) is 5.66. The van der Waals surface area contributed by atoms with Crippen LogP contribution in [0, 0.1) is 13.8 Å². The Hall–Kier alpha value is -4.43. The number of nitrogens with zero attached hydrogens (tertiary/aromatic N) is 2. The van der Waals surface area contributed by atoms with E-state index in [9.17, 15) is 18.0 Å². The molecular formula is C35H39N3O4S. The minimum Gasteiger partial charge on any atom is -0.352 e. The molecule has 0 saturated carbocycles. The molecule has 1 atom stereocenters. The van der Waals surface area contributed by atoms with E-state index in [-0.39, 0.29) is 29.8 Å². The summed E-state index contributed by atoms with van der Waals surface area (Å²) in [4.78, 5) is 29.7. The molecule has 0 aliphatic rings. The fourth-order valence-corrected chi connectivity index (χ4v) is 6.34. The topological polar surface area (TPSA) is 86.8 Å². The van der Waals surface area contributed by atoms with E-state index in [0.717, 1.165) is 26.6 Å². The Kier molecular flexibility index (Phi) is 10.4. The number of carbonyl (C=O) groups excluding carboxylic acids is 2. The molecular weight excluding hydrogens is 558 g/mol. The minimum atomic E-state index is -4.11. The van der Waals surface area contributed by atoms with Gasteiger partial charge in [0.1, 0.15) is 12.6 Å². The monoisotopic (exact) mass is 597 g/mol. The van der Waals surface area contributed by atoms with E-state index in [1.165, 1.54) is 17.0 Å². The maximum absolute atomic E-state index is 14.4. The summed E-state index contributed by atoms with van der Waals surface area (Å²) in [5.41, 5.74) is 4.08. The highest BCUT2D eigenvalue weighted by molar-refractivity contribution is 7.92. The van der Waals surface area contributed by atoms with E-state index in [1.54, 1.807) is 30.3 Å². The van der Waals surface area contributed by atoms with E-state index < -0.39 is 28.5 Å². The first-order chi connectivity index (χ1) is 20.5. The smallest absolute Gasteiger partial charge is 0.264 e. The standard InChI is InChI=1S/C35H39N3O4S/c1-26(2)36-35(40)33(23-29-13-7-5-8-14-29)37(24-30-15-11-12-28(4)22-30)34(39)25-38(31-20-18-27(3)19-21-31)43(41,42)32-16-9-6-10-17-32/h5-22,26,33H,23-25H2,1-4H3,(H,36,40)/t33-/m1/s1. The second-order valence-corrected chi connectivity index (χ2v) is 12.9. The third-order valence-corrected chi connectivity index (χ3v) is 8.86. The number of hydrogen-bond donors (Lipinski definition) is 1. The van der Waals surface area contributed by atoms with Crippen LogP contribution in [0.5, 0.6) is 0 Å². The normalized spacial score (nSPS) is 12.0. The van der Waals surface area contributed by atoms with E-state index >= 15 is 0 Å². The van der Waals surface area contributed by atoms with Gasteiger partial charge in [0.25, 0.3) is 10.0 Å². The molecule has 1 N–H and O–H groups in total. The number of rotatable bonds is 12. The van der Waals surface area contributed by atoms with E-state index in [1.807, 2.05) is 94.4 Å². The number of hydrogen-bond acceptors (Lipinski definition) is 4. The Morgan fingerprint density at radius 3 is 1.95 bits per heavy atom. The number of anilines is 1. The molecule has 4 aromatic rings. The molecule has 8 heteroatoms. The Morgan fingerprint density at radius 2 is 1.35 bits per heavy atom. The van der Waals surface area contributed by atoms with Gasteiger partial charge >= 0.3 is 0 Å². The second-order valence-electron chi connectivity index (χ2n) is 11.0. The van der Waals surface area contributed by atoms with Crippen LogP contribution < -0.4 is 9.62 Å². The van der Waals surface area contributed by atoms with Crippen molar-refractivity contribution >= 4 is 27.5 Å². The van der Waals surface area contributed by atoms with Crippen molar-refractivity contribution in [3.63, 3.8) is 0 Å². The summed E-state index contributed by atoms with van der Waals surface area (Å²) in [5, 5.41) is 2.98. The zero-order valence-electron chi connectivity index (χ0n) is 25.1. The summed E-state index contributed by atoms with van der Waals surface area (Å²) in [6.45, 7) is 7.28. The van der Waals surface area contributed by atoms with Gasteiger partial charge in [0.15, 0.2) is 0 Å². The van der Waals surface area contributed by atoms with Gasteiger partial charge in [-0.1, -0.05) is 96.1 Å². The van der Waals surface area contributed by atoms with Gasteiger partial charge in [-0.25, -0.2) is 8.42 Å². The average molecular weight is 598 g/mol. The lowest BCUT2D eigenvalue weighted by molar-refractivity contribution is -0.140. The van der Waals surface area contributed by atoms with Gasteiger partial charge in [-0.15, -0.1) is 0 Å². The molecule has 0 aliphatic carbocycles. The summed E-state index contributed by atoms with van der Waals surface area (Å²) < 4.78 is 29.1. The lowest BCUT2D eigenvalue weighted by Crippen LogP contribution is -2.54. The summed E-state index contributed by atoms with van der Waals surface area (Å²) >= 11 is 0. The molecule has 0 bridgehead atoms. The molecule has 0 heterocycles. The van der Waals surface area contributed by atoms with Crippen LogP contribution in [0.2, 0.25) is 0 Å². The molecule has 0 radical (unpaired) electrons. The summed E-state index contributed by atoms with van der Waals surface area (Å²) in [5.74, 6) is -0.783. The van der Waals surface area contributed by atoms with E-state index in [4.69, 9.17) is 0 Å². The van der Waals surface area contributed by atoms with Crippen LogP contribution in [0.25, 0.3) is 0 Å². The van der Waals surface area contributed by atoms with Gasteiger partial charge < -0.3 is 10.2 Å². The average Bonchev–Trinajstić information content (AvgIpc) is 2.98. The molecule has 4 aromatic carbocycles. The van der Waals surface area contributed by atoms with Gasteiger partial charge in [0.05, 0.1) is 10.6 Å². The van der Waals surface area contributed by atoms with Crippen LogP contribution in [0.1, 0.15) is 36.1 Å². The SMILES string of the molecule is Cc1ccc(N(CC(=O)N(Cc2cccc(C)c2)[C@H](Cc2ccccc2)C(=O)NC(C)C)S(=O)(=O)c2ccccc2)cc1. The predicted molar refractivity (Wildman–Crippen MR) is 171 cm³/mol. The van der Waals surface area contributed by atoms with Crippen molar-refractivity contribution in [3.05, 3.63) is 131 Å². The number of aryl methyl sites for hydroxylation is 2. The number of benzene rings is 4. The Morgan fingerprint density at radius 1 is 0.744 bits per heavy atom. The largest absolute Gasteiger partial charge is 0.352 e. The molecule has 0 fully saturated rings. The third kappa shape index (κ3) is 8.32. The lowest BCUT2D eigenvalue weighted by atomic mass is 10.0. The molecule has 0 unspecified atom stereocenters. The summed E-state index contributed by atoms with van der Waals surface area (Å²) in [7, 11) is -4.11. The fraction of sp³-hybridized carbons (Fsp3) is 0.257. The molecule has 0 spiro atoms. The van der Waals surface area contributed by atoms with Gasteiger partial charge in [-0.05, 0) is 63.1 Å². The second kappa shape index (κ2) is 14.2. The molecule has 7 nitrogen and oxygen atoms in total. The lowest BCUT2D eigenvalue weighted by Gasteiger charge is -2.34. The van der Waals surface area contributed by atoms with Crippen molar-refractivity contribution < 1.29 is 18.0 Å². The highest BCUT2D eigenvalue weighted by atomic mass is 32.2. The van der Waals surface area contributed by atoms with Crippen LogP contribution in [-0.2, 0) is 32.6 Å². The quantitative estimate of drug-likeness (QED) is 0.228. The first-order valence-electron chi connectivity index (χ1n) is 14.4. The van der Waals surface area contributed by atoms with Crippen LogP contribution >= 0.6 is 0 Å². The van der Waals surface area contributed by atoms with Crippen molar-refractivity contribution in [2.24, 2.45) is 0 Å². The maximum Gasteiger partial charge on any atom is 0.264 e. The van der Waals surface area contributed by atoms with Gasteiger partial charge in [-0.2, -0.15) is 0 Å². The zero-order chi connectivity index (χ0) is 31.0. The van der Waals surface area contributed by atoms with Crippen molar-refractivity contribution in [3.8, 4) is 0 Å². The van der Waals surface area contributed by atoms with Gasteiger partial charge in [-0.3, -0.25) is 13.9 Å². The Balaban J connectivity index is 1.79. The fourth-order valence-electron chi connectivity index (χ4n) is 4.90. The molecule has 0 aromatic heterocycles. The highest BCUT2D eigenvalue weighted by Crippen LogP contribution is 2.25. The van der Waals surface area contributed by atoms with E-state index in [0.29, 0.717) is 5.69 Å². The number of carbonyl (C=O) groups is 2. The van der Waals surface area contributed by atoms with Crippen molar-refractivity contribution in [2.45, 2.75) is 57.6 Å². The van der Waals surface area contributed by atoms with Crippen LogP contribution in [0.3, 0.4) is 0 Å². The molecule has 2 amide bonds. The summed E-state index contributed by atoms with van der Waals surface area (Å²) in [6.07, 6.45) is 0.271. The molecule has 0 saturated heterocycles. The van der Waals surface area contributed by atoms with Crippen LogP contribution in [0.15, 0.2) is 114 Å². The first kappa shape index (κ1) is 31.5. The number of nitrogens with one attached hydrogen (secondary N) is 1. The Bertz CT molecular complexity index is 1620. The van der Waals surface area contributed by atoms with Crippen molar-refractivity contribution in [1.29, 1.82) is 0 Å². The molecule has 43 heavy (non-hydrogen) atoms. The third-order valence-electron chi connectivity index (χ3n) is 7.07. The first-order valence-corrected chi connectivity index (χ1v) is 15.8. The highest BCUT2D eigenvalue weighted by Gasteiger charge is 2.34. The minimum absolute atomic E-state index is 0.0759. The maximum atomic E-state index is 14.4. The van der Waals surface area contributed by atoms with Crippen LogP contribution in [-0.4, -0.2) is 43.8 Å². The number of amides is 2. The van der Waals surface area contributed by atoms with Crippen molar-refractivity contribution in [1.82, 2.24) is 10.2 Å².